The zero-order valence-corrected chi connectivity index (χ0v) is 23.8. The molecule has 0 bridgehead atoms. The number of benzene rings is 2. The molecule has 15 heteroatoms. The van der Waals surface area contributed by atoms with Crippen LogP contribution >= 0.6 is 0 Å². The van der Waals surface area contributed by atoms with E-state index in [0.29, 0.717) is 16.0 Å². The predicted molar refractivity (Wildman–Crippen MR) is 147 cm³/mol. The van der Waals surface area contributed by atoms with Gasteiger partial charge in [-0.15, -0.1) is 0 Å². The first-order chi connectivity index (χ1) is 19.9. The molecule has 4 rings (SSSR count). The molecule has 2 aromatic carbocycles. The van der Waals surface area contributed by atoms with E-state index in [1.54, 1.807) is 38.1 Å². The highest BCUT2D eigenvalue weighted by atomic mass is 32.2. The van der Waals surface area contributed by atoms with Gasteiger partial charge in [-0.2, -0.15) is 0 Å². The molecule has 0 fully saturated rings. The summed E-state index contributed by atoms with van der Waals surface area (Å²) in [6.45, 7) is 4.88. The summed E-state index contributed by atoms with van der Waals surface area (Å²) in [4.78, 5) is 32.1. The van der Waals surface area contributed by atoms with Crippen molar-refractivity contribution in [1.82, 2.24) is 14.8 Å². The van der Waals surface area contributed by atoms with Crippen molar-refractivity contribution in [1.29, 1.82) is 0 Å². The van der Waals surface area contributed by atoms with Crippen LogP contribution < -0.4 is 19.5 Å². The van der Waals surface area contributed by atoms with E-state index in [9.17, 15) is 28.4 Å². The number of carbonyl (C=O) groups excluding carboxylic acids is 1. The number of amides is 1. The van der Waals surface area contributed by atoms with Gasteiger partial charge >= 0.3 is 6.09 Å². The molecule has 0 spiro atoms. The SMILES string of the molecule is CC(C)CN(OC(=O)NC(Cc1ccc(Oc2ccc([N+](=O)[O-])cn2)cc1)C(C)O)S(=O)(=O)c1ccc2c(c1)OCO2. The molecule has 2 unspecified atom stereocenters. The molecular formula is C27H30N4O10S. The van der Waals surface area contributed by atoms with Crippen molar-refractivity contribution in [3.05, 3.63) is 76.5 Å². The molecule has 224 valence electrons. The summed E-state index contributed by atoms with van der Waals surface area (Å²) in [6, 6.07) is 12.6. The molecule has 2 N–H and O–H groups in total. The van der Waals surface area contributed by atoms with Gasteiger partial charge in [-0.25, -0.2) is 18.2 Å². The van der Waals surface area contributed by atoms with Crippen molar-refractivity contribution in [3.8, 4) is 23.1 Å². The quantitative estimate of drug-likeness (QED) is 0.227. The zero-order chi connectivity index (χ0) is 30.4. The van der Waals surface area contributed by atoms with Crippen LogP contribution in [0.2, 0.25) is 0 Å². The number of sulfonamides is 1. The fraction of sp³-hybridized carbons (Fsp3) is 0.333. The first kappa shape index (κ1) is 30.5. The van der Waals surface area contributed by atoms with Crippen LogP contribution in [0.3, 0.4) is 0 Å². The smallest absolute Gasteiger partial charge is 0.427 e. The topological polar surface area (TPSA) is 180 Å². The second-order valence-corrected chi connectivity index (χ2v) is 11.7. The van der Waals surface area contributed by atoms with Gasteiger partial charge in [0.1, 0.15) is 11.9 Å². The Bertz CT molecular complexity index is 1510. The van der Waals surface area contributed by atoms with Crippen LogP contribution in [0.15, 0.2) is 65.7 Å². The summed E-state index contributed by atoms with van der Waals surface area (Å²) in [5, 5.41) is 23.7. The van der Waals surface area contributed by atoms with Crippen LogP contribution in [-0.2, 0) is 21.3 Å². The van der Waals surface area contributed by atoms with Gasteiger partial charge in [0, 0.05) is 18.2 Å². The molecule has 1 aliphatic rings. The van der Waals surface area contributed by atoms with Crippen molar-refractivity contribution in [2.75, 3.05) is 13.3 Å². The fourth-order valence-corrected chi connectivity index (χ4v) is 5.25. The molecule has 42 heavy (non-hydrogen) atoms. The van der Waals surface area contributed by atoms with Crippen LogP contribution in [0, 0.1) is 16.0 Å². The molecule has 2 heterocycles. The second kappa shape index (κ2) is 13.0. The van der Waals surface area contributed by atoms with Gasteiger partial charge in [0.05, 0.1) is 28.5 Å². The fourth-order valence-electron chi connectivity index (χ4n) is 3.86. The molecule has 0 aliphatic carbocycles. The molecular weight excluding hydrogens is 572 g/mol. The summed E-state index contributed by atoms with van der Waals surface area (Å²) in [5.74, 6) is 1.07. The normalized spacial score (nSPS) is 14.0. The number of hydroxylamine groups is 1. The maximum absolute atomic E-state index is 13.4. The number of pyridine rings is 1. The Hall–Kier alpha value is -4.47. The van der Waals surface area contributed by atoms with E-state index in [1.165, 1.54) is 37.3 Å². The van der Waals surface area contributed by atoms with Gasteiger partial charge in [0.2, 0.25) is 12.7 Å². The van der Waals surface area contributed by atoms with Crippen molar-refractivity contribution in [2.45, 2.75) is 44.2 Å². The number of nitro groups is 1. The monoisotopic (exact) mass is 602 g/mol. The Morgan fingerprint density at radius 1 is 1.12 bits per heavy atom. The van der Waals surface area contributed by atoms with Crippen molar-refractivity contribution < 1.29 is 42.3 Å². The summed E-state index contributed by atoms with van der Waals surface area (Å²) >= 11 is 0. The molecule has 1 amide bonds. The largest absolute Gasteiger partial charge is 0.454 e. The molecule has 1 aliphatic heterocycles. The van der Waals surface area contributed by atoms with Gasteiger partial charge in [0.15, 0.2) is 11.5 Å². The average molecular weight is 603 g/mol. The standard InChI is InChI=1S/C27H30N4O10S/c1-17(2)15-30(42(36,37)22-9-10-24-25(13-22)39-16-38-24)41-27(33)29-23(18(3)32)12-19-4-7-21(8-5-19)40-26-11-6-20(14-28-26)31(34)35/h4-11,13-14,17-18,23,32H,12,15-16H2,1-3H3,(H,29,33). The molecule has 0 radical (unpaired) electrons. The third-order valence-corrected chi connectivity index (χ3v) is 7.64. The Kier molecular flexibility index (Phi) is 9.45. The average Bonchev–Trinajstić information content (AvgIpc) is 3.41. The second-order valence-electron chi connectivity index (χ2n) is 9.83. The van der Waals surface area contributed by atoms with Crippen LogP contribution in [0.5, 0.6) is 23.1 Å². The number of aliphatic hydroxyl groups is 1. The number of rotatable bonds is 12. The number of hydrogen-bond acceptors (Lipinski definition) is 11. The summed E-state index contributed by atoms with van der Waals surface area (Å²) in [7, 11) is -4.27. The van der Waals surface area contributed by atoms with Crippen molar-refractivity contribution in [3.63, 3.8) is 0 Å². The summed E-state index contributed by atoms with van der Waals surface area (Å²) in [5.41, 5.74) is 0.558. The van der Waals surface area contributed by atoms with Gasteiger partial charge in [-0.3, -0.25) is 10.1 Å². The van der Waals surface area contributed by atoms with Crippen molar-refractivity contribution in [2.24, 2.45) is 5.92 Å². The van der Waals surface area contributed by atoms with E-state index in [-0.39, 0.29) is 47.9 Å². The van der Waals surface area contributed by atoms with E-state index >= 15 is 0 Å². The molecule has 0 saturated carbocycles. The highest BCUT2D eigenvalue weighted by molar-refractivity contribution is 7.89. The maximum Gasteiger partial charge on any atom is 0.427 e. The number of fused-ring (bicyclic) bond motifs is 1. The lowest BCUT2D eigenvalue weighted by Crippen LogP contribution is -2.47. The number of aliphatic hydroxyl groups excluding tert-OH is 1. The van der Waals surface area contributed by atoms with Gasteiger partial charge in [0.25, 0.3) is 15.7 Å². The number of aromatic nitrogens is 1. The van der Waals surface area contributed by atoms with Gasteiger partial charge < -0.3 is 29.5 Å². The third kappa shape index (κ3) is 7.63. The van der Waals surface area contributed by atoms with Crippen LogP contribution in [0.1, 0.15) is 26.3 Å². The van der Waals surface area contributed by atoms with Crippen LogP contribution in [0.4, 0.5) is 10.5 Å². The molecule has 14 nitrogen and oxygen atoms in total. The lowest BCUT2D eigenvalue weighted by atomic mass is 10.0. The number of nitrogens with zero attached hydrogens (tertiary/aromatic N) is 3. The highest BCUT2D eigenvalue weighted by Crippen LogP contribution is 2.35. The first-order valence-corrected chi connectivity index (χ1v) is 14.3. The first-order valence-electron chi connectivity index (χ1n) is 12.9. The molecule has 3 aromatic rings. The lowest BCUT2D eigenvalue weighted by molar-refractivity contribution is -0.385. The van der Waals surface area contributed by atoms with Crippen LogP contribution in [-0.4, -0.2) is 59.5 Å². The highest BCUT2D eigenvalue weighted by Gasteiger charge is 2.32. The van der Waals surface area contributed by atoms with E-state index in [4.69, 9.17) is 19.0 Å². The minimum absolute atomic E-state index is 0.0269. The molecule has 2 atom stereocenters. The zero-order valence-electron chi connectivity index (χ0n) is 23.0. The van der Waals surface area contributed by atoms with Gasteiger partial charge in [-0.05, 0) is 53.6 Å². The predicted octanol–water partition coefficient (Wildman–Crippen LogP) is 3.79. The van der Waals surface area contributed by atoms with E-state index in [0.717, 1.165) is 11.8 Å². The summed E-state index contributed by atoms with van der Waals surface area (Å²) in [6.07, 6.45) is -0.802. The number of ether oxygens (including phenoxy) is 3. The maximum atomic E-state index is 13.4. The lowest BCUT2D eigenvalue weighted by Gasteiger charge is -2.25. The van der Waals surface area contributed by atoms with E-state index in [1.807, 2.05) is 0 Å². The third-order valence-electron chi connectivity index (χ3n) is 6.03. The molecule has 1 aromatic heterocycles. The number of carbonyl (C=O) groups is 1. The molecule has 0 saturated heterocycles. The Balaban J connectivity index is 1.41. The minimum atomic E-state index is -4.27. The van der Waals surface area contributed by atoms with E-state index in [2.05, 4.69) is 10.3 Å². The number of hydrogen-bond donors (Lipinski definition) is 2. The number of nitrogens with one attached hydrogen (secondary N) is 1. The van der Waals surface area contributed by atoms with Crippen LogP contribution in [0.25, 0.3) is 0 Å². The minimum Gasteiger partial charge on any atom is -0.454 e. The van der Waals surface area contributed by atoms with Gasteiger partial charge in [-0.1, -0.05) is 26.0 Å². The Labute approximate surface area is 241 Å². The van der Waals surface area contributed by atoms with E-state index < -0.39 is 33.2 Å². The van der Waals surface area contributed by atoms with Crippen molar-refractivity contribution >= 4 is 21.8 Å². The summed E-state index contributed by atoms with van der Waals surface area (Å²) < 4.78 is 43.4. The Morgan fingerprint density at radius 2 is 1.83 bits per heavy atom. The Morgan fingerprint density at radius 3 is 2.45 bits per heavy atom.